The van der Waals surface area contributed by atoms with E-state index in [2.05, 4.69) is 12.2 Å². The zero-order valence-corrected chi connectivity index (χ0v) is 11.3. The number of unbranched alkanes of at least 4 members (excludes halogenated alkanes) is 1. The van der Waals surface area contributed by atoms with E-state index in [1.165, 1.54) is 0 Å². The van der Waals surface area contributed by atoms with Crippen molar-refractivity contribution in [3.8, 4) is 0 Å². The molecule has 0 fully saturated rings. The molecule has 0 saturated heterocycles. The van der Waals surface area contributed by atoms with Gasteiger partial charge in [0.25, 0.3) is 0 Å². The maximum atomic E-state index is 11.7. The fraction of sp³-hybridized carbons (Fsp3) is 0.500. The van der Waals surface area contributed by atoms with Crippen LogP contribution in [0.3, 0.4) is 0 Å². The minimum absolute atomic E-state index is 0.0219. The van der Waals surface area contributed by atoms with Gasteiger partial charge in [-0.3, -0.25) is 0 Å². The van der Waals surface area contributed by atoms with Gasteiger partial charge in [-0.15, -0.1) is 0 Å². The Labute approximate surface area is 109 Å². The number of carbonyl (C=O) groups is 1. The molecule has 3 N–H and O–H groups in total. The van der Waals surface area contributed by atoms with Gasteiger partial charge in [0.15, 0.2) is 0 Å². The summed E-state index contributed by atoms with van der Waals surface area (Å²) in [5, 5.41) is 2.89. The molecule has 0 spiro atoms. The van der Waals surface area contributed by atoms with Crippen LogP contribution in [0.5, 0.6) is 0 Å². The third kappa shape index (κ3) is 4.75. The van der Waals surface area contributed by atoms with Crippen LogP contribution in [0.2, 0.25) is 0 Å². The van der Waals surface area contributed by atoms with Crippen LogP contribution in [0, 0.1) is 0 Å². The summed E-state index contributed by atoms with van der Waals surface area (Å²) in [5.41, 5.74) is 7.76. The van der Waals surface area contributed by atoms with Crippen molar-refractivity contribution in [1.29, 1.82) is 0 Å². The van der Waals surface area contributed by atoms with E-state index < -0.39 is 0 Å². The molecule has 0 aliphatic rings. The van der Waals surface area contributed by atoms with Crippen molar-refractivity contribution in [2.45, 2.75) is 32.9 Å². The van der Waals surface area contributed by atoms with E-state index in [0.717, 1.165) is 30.5 Å². The fourth-order valence-corrected chi connectivity index (χ4v) is 1.63. The van der Waals surface area contributed by atoms with Crippen molar-refractivity contribution in [1.82, 2.24) is 10.2 Å². The van der Waals surface area contributed by atoms with E-state index in [1.54, 1.807) is 11.9 Å². The number of amides is 2. The molecular formula is C14H23N3O. The Hall–Kier alpha value is -1.55. The van der Waals surface area contributed by atoms with Crippen molar-refractivity contribution in [3.05, 3.63) is 35.4 Å². The van der Waals surface area contributed by atoms with Gasteiger partial charge in [0.2, 0.25) is 0 Å². The van der Waals surface area contributed by atoms with Gasteiger partial charge in [-0.1, -0.05) is 37.6 Å². The highest BCUT2D eigenvalue weighted by molar-refractivity contribution is 5.73. The molecule has 0 saturated carbocycles. The summed E-state index contributed by atoms with van der Waals surface area (Å²) in [6, 6.07) is 8.00. The second kappa shape index (κ2) is 7.71. The number of nitrogens with two attached hydrogens (primary N) is 1. The normalized spacial score (nSPS) is 10.2. The van der Waals surface area contributed by atoms with Crippen LogP contribution in [0.4, 0.5) is 4.79 Å². The zero-order valence-electron chi connectivity index (χ0n) is 11.3. The van der Waals surface area contributed by atoms with Crippen LogP contribution >= 0.6 is 0 Å². The lowest BCUT2D eigenvalue weighted by Gasteiger charge is -2.18. The highest BCUT2D eigenvalue weighted by atomic mass is 16.2. The lowest BCUT2D eigenvalue weighted by Crippen LogP contribution is -2.37. The van der Waals surface area contributed by atoms with Crippen LogP contribution in [0.25, 0.3) is 0 Å². The Morgan fingerprint density at radius 2 is 1.89 bits per heavy atom. The molecule has 1 aromatic carbocycles. The van der Waals surface area contributed by atoms with Gasteiger partial charge in [-0.05, 0) is 17.5 Å². The van der Waals surface area contributed by atoms with Crippen LogP contribution in [0.1, 0.15) is 30.9 Å². The van der Waals surface area contributed by atoms with Crippen LogP contribution in [0.15, 0.2) is 24.3 Å². The molecule has 0 radical (unpaired) electrons. The fourth-order valence-electron chi connectivity index (χ4n) is 1.63. The van der Waals surface area contributed by atoms with E-state index in [1.807, 2.05) is 24.3 Å². The Balaban J connectivity index is 2.42. The highest BCUT2D eigenvalue weighted by Gasteiger charge is 2.07. The standard InChI is InChI=1S/C14H23N3O/c1-3-4-9-16-14(18)17(2)11-13-7-5-12(10-15)6-8-13/h5-8H,3-4,9-11,15H2,1-2H3,(H,16,18). The first-order valence-corrected chi connectivity index (χ1v) is 6.44. The van der Waals surface area contributed by atoms with Gasteiger partial charge < -0.3 is 16.0 Å². The number of hydrogen-bond acceptors (Lipinski definition) is 2. The summed E-state index contributed by atoms with van der Waals surface area (Å²) < 4.78 is 0. The molecule has 0 aliphatic heterocycles. The van der Waals surface area contributed by atoms with Crippen LogP contribution < -0.4 is 11.1 Å². The SMILES string of the molecule is CCCCNC(=O)N(C)Cc1ccc(CN)cc1. The highest BCUT2D eigenvalue weighted by Crippen LogP contribution is 2.06. The molecule has 4 heteroatoms. The summed E-state index contributed by atoms with van der Waals surface area (Å²) in [7, 11) is 1.80. The Bertz CT molecular complexity index is 362. The molecule has 1 rings (SSSR count). The number of rotatable bonds is 6. The Morgan fingerprint density at radius 1 is 1.28 bits per heavy atom. The maximum Gasteiger partial charge on any atom is 0.317 e. The van der Waals surface area contributed by atoms with Gasteiger partial charge in [0.1, 0.15) is 0 Å². The molecule has 100 valence electrons. The average Bonchev–Trinajstić information content (AvgIpc) is 2.39. The molecule has 0 bridgehead atoms. The molecule has 4 nitrogen and oxygen atoms in total. The second-order valence-electron chi connectivity index (χ2n) is 4.46. The molecule has 2 amide bonds. The first kappa shape index (κ1) is 14.5. The lowest BCUT2D eigenvalue weighted by molar-refractivity contribution is 0.207. The Morgan fingerprint density at radius 3 is 2.44 bits per heavy atom. The molecule has 18 heavy (non-hydrogen) atoms. The van der Waals surface area contributed by atoms with E-state index in [-0.39, 0.29) is 6.03 Å². The van der Waals surface area contributed by atoms with Crippen molar-refractivity contribution in [3.63, 3.8) is 0 Å². The predicted octanol–water partition coefficient (Wildman–Crippen LogP) is 2.09. The summed E-state index contributed by atoms with van der Waals surface area (Å²) in [6.45, 7) is 4.01. The van der Waals surface area contributed by atoms with Crippen molar-refractivity contribution >= 4 is 6.03 Å². The van der Waals surface area contributed by atoms with Gasteiger partial charge >= 0.3 is 6.03 Å². The topological polar surface area (TPSA) is 58.4 Å². The zero-order chi connectivity index (χ0) is 13.4. The number of carbonyl (C=O) groups excluding carboxylic acids is 1. The first-order valence-electron chi connectivity index (χ1n) is 6.44. The molecule has 0 atom stereocenters. The molecule has 0 aromatic heterocycles. The molecule has 0 aliphatic carbocycles. The third-order valence-corrected chi connectivity index (χ3v) is 2.83. The molecular weight excluding hydrogens is 226 g/mol. The molecule has 0 heterocycles. The number of hydrogen-bond donors (Lipinski definition) is 2. The smallest absolute Gasteiger partial charge is 0.317 e. The van der Waals surface area contributed by atoms with Crippen molar-refractivity contribution in [2.24, 2.45) is 5.73 Å². The number of urea groups is 1. The monoisotopic (exact) mass is 249 g/mol. The second-order valence-corrected chi connectivity index (χ2v) is 4.46. The van der Waals surface area contributed by atoms with Gasteiger partial charge in [-0.25, -0.2) is 4.79 Å². The van der Waals surface area contributed by atoms with Crippen molar-refractivity contribution < 1.29 is 4.79 Å². The van der Waals surface area contributed by atoms with E-state index in [4.69, 9.17) is 5.73 Å². The minimum Gasteiger partial charge on any atom is -0.338 e. The van der Waals surface area contributed by atoms with Gasteiger partial charge in [0.05, 0.1) is 0 Å². The van der Waals surface area contributed by atoms with Crippen LogP contribution in [-0.4, -0.2) is 24.5 Å². The Kier molecular flexibility index (Phi) is 6.22. The third-order valence-electron chi connectivity index (χ3n) is 2.83. The number of benzene rings is 1. The molecule has 0 unspecified atom stereocenters. The minimum atomic E-state index is -0.0219. The summed E-state index contributed by atoms with van der Waals surface area (Å²) in [4.78, 5) is 13.4. The quantitative estimate of drug-likeness (QED) is 0.758. The summed E-state index contributed by atoms with van der Waals surface area (Å²) in [5.74, 6) is 0. The van der Waals surface area contributed by atoms with Crippen LogP contribution in [-0.2, 0) is 13.1 Å². The largest absolute Gasteiger partial charge is 0.338 e. The van der Waals surface area contributed by atoms with Crippen molar-refractivity contribution in [2.75, 3.05) is 13.6 Å². The maximum absolute atomic E-state index is 11.7. The average molecular weight is 249 g/mol. The molecule has 1 aromatic rings. The lowest BCUT2D eigenvalue weighted by atomic mass is 10.1. The van der Waals surface area contributed by atoms with Gasteiger partial charge in [-0.2, -0.15) is 0 Å². The number of nitrogens with one attached hydrogen (secondary N) is 1. The first-order chi connectivity index (χ1) is 8.67. The summed E-state index contributed by atoms with van der Waals surface area (Å²) >= 11 is 0. The van der Waals surface area contributed by atoms with E-state index in [0.29, 0.717) is 13.1 Å². The number of nitrogens with zero attached hydrogens (tertiary/aromatic N) is 1. The predicted molar refractivity (Wildman–Crippen MR) is 74.1 cm³/mol. The van der Waals surface area contributed by atoms with E-state index >= 15 is 0 Å². The van der Waals surface area contributed by atoms with E-state index in [9.17, 15) is 4.79 Å². The van der Waals surface area contributed by atoms with Gasteiger partial charge in [0, 0.05) is 26.7 Å². The summed E-state index contributed by atoms with van der Waals surface area (Å²) in [6.07, 6.45) is 2.11.